The molecule has 1 saturated carbocycles. The van der Waals surface area contributed by atoms with Gasteiger partial charge in [-0.25, -0.2) is 4.68 Å². The van der Waals surface area contributed by atoms with Crippen LogP contribution in [0.3, 0.4) is 0 Å². The Balaban J connectivity index is 1.67. The van der Waals surface area contributed by atoms with Crippen LogP contribution in [0.2, 0.25) is 0 Å². The zero-order valence-electron chi connectivity index (χ0n) is 11.8. The fourth-order valence-corrected chi connectivity index (χ4v) is 2.16. The first-order valence-electron chi connectivity index (χ1n) is 7.24. The number of aliphatic hydroxyl groups excluding tert-OH is 1. The molecule has 110 valence electrons. The summed E-state index contributed by atoms with van der Waals surface area (Å²) in [7, 11) is 0. The number of nitrogens with zero attached hydrogens (tertiary/aromatic N) is 2. The van der Waals surface area contributed by atoms with Crippen molar-refractivity contribution in [3.8, 4) is 0 Å². The first-order valence-corrected chi connectivity index (χ1v) is 7.24. The molecule has 0 unspecified atom stereocenters. The highest BCUT2D eigenvalue weighted by Gasteiger charge is 2.20. The molecule has 1 aliphatic carbocycles. The average molecular weight is 285 g/mol. The van der Waals surface area contributed by atoms with Crippen LogP contribution < -0.4 is 10.9 Å². The van der Waals surface area contributed by atoms with Crippen molar-refractivity contribution in [3.63, 3.8) is 0 Å². The third kappa shape index (κ3) is 3.70. The normalized spacial score (nSPS) is 14.1. The van der Waals surface area contributed by atoms with E-state index in [1.54, 1.807) is 12.3 Å². The molecular formula is C16H19N3O2. The summed E-state index contributed by atoms with van der Waals surface area (Å²) in [6, 6.07) is 9.10. The third-order valence-electron chi connectivity index (χ3n) is 3.70. The maximum absolute atomic E-state index is 12.0. The second kappa shape index (κ2) is 6.10. The SMILES string of the molecule is O=c1cc(NCC2CC2)cnn1Cc1ccc(CO)cc1. The summed E-state index contributed by atoms with van der Waals surface area (Å²) in [5.74, 6) is 0.762. The van der Waals surface area contributed by atoms with Crippen molar-refractivity contribution in [1.29, 1.82) is 0 Å². The second-order valence-electron chi connectivity index (χ2n) is 5.54. The first-order chi connectivity index (χ1) is 10.2. The number of nitrogens with one attached hydrogen (secondary N) is 1. The lowest BCUT2D eigenvalue weighted by atomic mass is 10.1. The topological polar surface area (TPSA) is 67.2 Å². The van der Waals surface area contributed by atoms with Gasteiger partial charge in [0.15, 0.2) is 0 Å². The monoisotopic (exact) mass is 285 g/mol. The minimum absolute atomic E-state index is 0.0276. The van der Waals surface area contributed by atoms with E-state index in [1.807, 2.05) is 24.3 Å². The molecule has 5 heteroatoms. The van der Waals surface area contributed by atoms with Crippen LogP contribution in [0.15, 0.2) is 41.3 Å². The predicted octanol–water partition coefficient (Wildman–Crippen LogP) is 1.61. The molecule has 0 aliphatic heterocycles. The minimum Gasteiger partial charge on any atom is -0.392 e. The average Bonchev–Trinajstić information content (AvgIpc) is 3.33. The Morgan fingerprint density at radius 1 is 1.24 bits per heavy atom. The molecule has 3 rings (SSSR count). The minimum atomic E-state index is -0.109. The van der Waals surface area contributed by atoms with Crippen molar-refractivity contribution in [2.45, 2.75) is 26.0 Å². The summed E-state index contributed by atoms with van der Waals surface area (Å²) in [5.41, 5.74) is 2.53. The molecule has 0 spiro atoms. The maximum Gasteiger partial charge on any atom is 0.269 e. The van der Waals surface area contributed by atoms with E-state index < -0.39 is 0 Å². The Morgan fingerprint density at radius 2 is 1.95 bits per heavy atom. The Labute approximate surface area is 123 Å². The van der Waals surface area contributed by atoms with E-state index in [2.05, 4.69) is 10.4 Å². The van der Waals surface area contributed by atoms with Crippen molar-refractivity contribution in [3.05, 3.63) is 58.0 Å². The van der Waals surface area contributed by atoms with Gasteiger partial charge in [-0.1, -0.05) is 24.3 Å². The number of benzene rings is 1. The van der Waals surface area contributed by atoms with Crippen LogP contribution in [0.1, 0.15) is 24.0 Å². The molecule has 0 radical (unpaired) electrons. The smallest absolute Gasteiger partial charge is 0.269 e. The van der Waals surface area contributed by atoms with Crippen LogP contribution >= 0.6 is 0 Å². The van der Waals surface area contributed by atoms with E-state index in [1.165, 1.54) is 17.5 Å². The molecular weight excluding hydrogens is 266 g/mol. The van der Waals surface area contributed by atoms with Gasteiger partial charge in [-0.3, -0.25) is 4.79 Å². The van der Waals surface area contributed by atoms with E-state index >= 15 is 0 Å². The number of hydrogen-bond acceptors (Lipinski definition) is 4. The summed E-state index contributed by atoms with van der Waals surface area (Å²) >= 11 is 0. The van der Waals surface area contributed by atoms with Crippen molar-refractivity contribution < 1.29 is 5.11 Å². The fourth-order valence-electron chi connectivity index (χ4n) is 2.16. The highest BCUT2D eigenvalue weighted by molar-refractivity contribution is 5.39. The van der Waals surface area contributed by atoms with Crippen molar-refractivity contribution in [1.82, 2.24) is 9.78 Å². The van der Waals surface area contributed by atoms with Gasteiger partial charge >= 0.3 is 0 Å². The largest absolute Gasteiger partial charge is 0.392 e. The molecule has 1 heterocycles. The van der Waals surface area contributed by atoms with Gasteiger partial charge in [0, 0.05) is 12.6 Å². The molecule has 1 aromatic carbocycles. The van der Waals surface area contributed by atoms with E-state index in [0.717, 1.165) is 29.3 Å². The summed E-state index contributed by atoms with van der Waals surface area (Å²) in [5, 5.41) is 16.5. The van der Waals surface area contributed by atoms with E-state index in [-0.39, 0.29) is 12.2 Å². The molecule has 1 aliphatic rings. The Morgan fingerprint density at radius 3 is 2.57 bits per heavy atom. The Hall–Kier alpha value is -2.14. The zero-order valence-corrected chi connectivity index (χ0v) is 11.8. The van der Waals surface area contributed by atoms with Crippen molar-refractivity contribution in [2.24, 2.45) is 5.92 Å². The summed E-state index contributed by atoms with van der Waals surface area (Å²) in [4.78, 5) is 12.0. The molecule has 21 heavy (non-hydrogen) atoms. The van der Waals surface area contributed by atoms with Crippen molar-refractivity contribution in [2.75, 3.05) is 11.9 Å². The van der Waals surface area contributed by atoms with Crippen LogP contribution in [0, 0.1) is 5.92 Å². The third-order valence-corrected chi connectivity index (χ3v) is 3.70. The lowest BCUT2D eigenvalue weighted by Gasteiger charge is -2.08. The van der Waals surface area contributed by atoms with Crippen LogP contribution in [0.4, 0.5) is 5.69 Å². The number of aliphatic hydroxyl groups is 1. The standard InChI is InChI=1S/C16H19N3O2/c20-11-14-5-3-13(4-6-14)10-19-16(21)7-15(9-18-19)17-8-12-1-2-12/h3-7,9,12,17,20H,1-2,8,10-11H2. The summed E-state index contributed by atoms with van der Waals surface area (Å²) < 4.78 is 1.44. The molecule has 5 nitrogen and oxygen atoms in total. The number of hydrogen-bond donors (Lipinski definition) is 2. The van der Waals surface area contributed by atoms with E-state index in [9.17, 15) is 4.79 Å². The molecule has 2 aromatic rings. The van der Waals surface area contributed by atoms with Gasteiger partial charge in [0.05, 0.1) is 25.0 Å². The summed E-state index contributed by atoms with van der Waals surface area (Å²) in [6.45, 7) is 1.39. The Kier molecular flexibility index (Phi) is 4.01. The van der Waals surface area contributed by atoms with Gasteiger partial charge in [0.1, 0.15) is 0 Å². The van der Waals surface area contributed by atoms with Crippen LogP contribution in [-0.2, 0) is 13.2 Å². The zero-order chi connectivity index (χ0) is 14.7. The summed E-state index contributed by atoms with van der Waals surface area (Å²) in [6.07, 6.45) is 4.26. The van der Waals surface area contributed by atoms with Gasteiger partial charge in [0.25, 0.3) is 5.56 Å². The highest BCUT2D eigenvalue weighted by Crippen LogP contribution is 2.28. The Bertz CT molecular complexity index is 660. The van der Waals surface area contributed by atoms with Gasteiger partial charge in [-0.05, 0) is 29.9 Å². The quantitative estimate of drug-likeness (QED) is 0.846. The maximum atomic E-state index is 12.0. The number of rotatable bonds is 6. The van der Waals surface area contributed by atoms with Crippen LogP contribution in [0.5, 0.6) is 0 Å². The lowest BCUT2D eigenvalue weighted by Crippen LogP contribution is -2.23. The highest BCUT2D eigenvalue weighted by atomic mass is 16.3. The van der Waals surface area contributed by atoms with E-state index in [4.69, 9.17) is 5.11 Å². The van der Waals surface area contributed by atoms with Crippen LogP contribution in [0.25, 0.3) is 0 Å². The molecule has 1 fully saturated rings. The van der Waals surface area contributed by atoms with Crippen molar-refractivity contribution >= 4 is 5.69 Å². The molecule has 0 saturated heterocycles. The van der Waals surface area contributed by atoms with Gasteiger partial charge < -0.3 is 10.4 Å². The second-order valence-corrected chi connectivity index (χ2v) is 5.54. The fraction of sp³-hybridized carbons (Fsp3) is 0.375. The first kappa shape index (κ1) is 13.8. The van der Waals surface area contributed by atoms with Gasteiger partial charge in [-0.2, -0.15) is 5.10 Å². The van der Waals surface area contributed by atoms with Gasteiger partial charge in [-0.15, -0.1) is 0 Å². The van der Waals surface area contributed by atoms with Crippen LogP contribution in [-0.4, -0.2) is 21.4 Å². The lowest BCUT2D eigenvalue weighted by molar-refractivity contribution is 0.282. The number of aromatic nitrogens is 2. The molecule has 0 atom stereocenters. The van der Waals surface area contributed by atoms with Gasteiger partial charge in [0.2, 0.25) is 0 Å². The molecule has 0 bridgehead atoms. The van der Waals surface area contributed by atoms with E-state index in [0.29, 0.717) is 6.54 Å². The number of anilines is 1. The molecule has 1 aromatic heterocycles. The predicted molar refractivity (Wildman–Crippen MR) is 81.2 cm³/mol. The molecule has 0 amide bonds. The molecule has 2 N–H and O–H groups in total.